The zero-order chi connectivity index (χ0) is 22.7. The molecule has 2 amide bonds. The number of anilines is 2. The van der Waals surface area contributed by atoms with E-state index in [0.717, 1.165) is 0 Å². The number of nitrogens with two attached hydrogens (primary N) is 1. The third kappa shape index (κ3) is 3.90. The van der Waals surface area contributed by atoms with Crippen LogP contribution in [0, 0.1) is 0 Å². The van der Waals surface area contributed by atoms with Gasteiger partial charge in [-0.05, 0) is 17.7 Å². The number of fused-ring (bicyclic) bond motifs is 1. The first-order chi connectivity index (χ1) is 15.5. The molecule has 2 aromatic heterocycles. The molecule has 3 aromatic rings. The fourth-order valence-corrected chi connectivity index (χ4v) is 3.16. The van der Waals surface area contributed by atoms with Crippen LogP contribution in [0.25, 0.3) is 0 Å². The molecule has 0 atom stereocenters. The lowest BCUT2D eigenvalue weighted by Gasteiger charge is -2.10. The van der Waals surface area contributed by atoms with Crippen LogP contribution in [0.2, 0.25) is 0 Å². The molecule has 0 spiro atoms. The van der Waals surface area contributed by atoms with Crippen LogP contribution in [0.4, 0.5) is 11.7 Å². The van der Waals surface area contributed by atoms with Gasteiger partial charge in [0.1, 0.15) is 18.0 Å². The Morgan fingerprint density at radius 2 is 2.00 bits per heavy atom. The van der Waals surface area contributed by atoms with Gasteiger partial charge in [-0.15, -0.1) is 5.10 Å². The number of ether oxygens (including phenoxy) is 3. The van der Waals surface area contributed by atoms with Crippen molar-refractivity contribution >= 4 is 23.5 Å². The molecule has 0 fully saturated rings. The lowest BCUT2D eigenvalue weighted by atomic mass is 10.1. The Morgan fingerprint density at radius 1 is 1.22 bits per heavy atom. The van der Waals surface area contributed by atoms with E-state index < -0.39 is 5.91 Å². The first kappa shape index (κ1) is 21.1. The SMILES string of the molecule is COc1cc2c(cc1OC)C(=O)N(c1nnc(C(=O)Nc3cnccc3OCCN)o1)C2. The third-order valence-electron chi connectivity index (χ3n) is 4.66. The van der Waals surface area contributed by atoms with E-state index in [4.69, 9.17) is 24.4 Å². The minimum Gasteiger partial charge on any atom is -0.493 e. The van der Waals surface area contributed by atoms with Crippen LogP contribution in [0.15, 0.2) is 35.0 Å². The third-order valence-corrected chi connectivity index (χ3v) is 4.66. The summed E-state index contributed by atoms with van der Waals surface area (Å²) in [4.78, 5) is 30.7. The van der Waals surface area contributed by atoms with Crippen molar-refractivity contribution in [2.24, 2.45) is 5.73 Å². The Labute approximate surface area is 182 Å². The number of amides is 2. The normalized spacial score (nSPS) is 12.5. The summed E-state index contributed by atoms with van der Waals surface area (Å²) in [5.74, 6) is -0.0471. The number of aromatic nitrogens is 3. The van der Waals surface area contributed by atoms with E-state index in [-0.39, 0.29) is 31.0 Å². The molecule has 0 aliphatic carbocycles. The van der Waals surface area contributed by atoms with Crippen molar-refractivity contribution in [2.75, 3.05) is 37.6 Å². The Balaban J connectivity index is 1.52. The van der Waals surface area contributed by atoms with Gasteiger partial charge in [-0.25, -0.2) is 0 Å². The number of rotatable bonds is 8. The highest BCUT2D eigenvalue weighted by Gasteiger charge is 2.34. The molecule has 0 unspecified atom stereocenters. The van der Waals surface area contributed by atoms with Crippen LogP contribution >= 0.6 is 0 Å². The van der Waals surface area contributed by atoms with Gasteiger partial charge in [0.15, 0.2) is 11.5 Å². The minimum atomic E-state index is -0.679. The number of methoxy groups -OCH3 is 2. The topological polar surface area (TPSA) is 155 Å². The zero-order valence-electron chi connectivity index (χ0n) is 17.3. The summed E-state index contributed by atoms with van der Waals surface area (Å²) in [5.41, 5.74) is 6.89. The van der Waals surface area contributed by atoms with Gasteiger partial charge in [-0.1, -0.05) is 5.10 Å². The van der Waals surface area contributed by atoms with Crippen molar-refractivity contribution in [3.63, 3.8) is 0 Å². The largest absolute Gasteiger partial charge is 0.493 e. The quantitative estimate of drug-likeness (QED) is 0.522. The summed E-state index contributed by atoms with van der Waals surface area (Å²) in [7, 11) is 3.00. The highest BCUT2D eigenvalue weighted by molar-refractivity contribution is 6.09. The van der Waals surface area contributed by atoms with Crippen molar-refractivity contribution in [3.05, 3.63) is 47.6 Å². The summed E-state index contributed by atoms with van der Waals surface area (Å²) in [5, 5.41) is 10.2. The van der Waals surface area contributed by atoms with Crippen LogP contribution < -0.4 is 30.2 Å². The summed E-state index contributed by atoms with van der Waals surface area (Å²) >= 11 is 0. The summed E-state index contributed by atoms with van der Waals surface area (Å²) < 4.78 is 21.5. The van der Waals surface area contributed by atoms with Gasteiger partial charge in [0.05, 0.1) is 27.0 Å². The standard InChI is InChI=1S/C20H20N6O6/c1-29-15-7-11-10-26(19(28)12(11)8-16(15)30-2)20-25-24-18(32-20)17(27)23-13-9-22-5-3-14(13)31-6-4-21/h3,5,7-9H,4,6,10,21H2,1-2H3,(H,23,27). The van der Waals surface area contributed by atoms with E-state index in [1.54, 1.807) is 18.2 Å². The van der Waals surface area contributed by atoms with Gasteiger partial charge in [0, 0.05) is 24.4 Å². The van der Waals surface area contributed by atoms with Crippen LogP contribution in [0.3, 0.4) is 0 Å². The van der Waals surface area contributed by atoms with Gasteiger partial charge < -0.3 is 29.7 Å². The van der Waals surface area contributed by atoms with Crippen molar-refractivity contribution in [3.8, 4) is 17.2 Å². The van der Waals surface area contributed by atoms with Crippen LogP contribution in [0.5, 0.6) is 17.2 Å². The Bertz CT molecular complexity index is 1160. The molecule has 12 nitrogen and oxygen atoms in total. The molecule has 0 bridgehead atoms. The number of pyridine rings is 1. The van der Waals surface area contributed by atoms with Crippen LogP contribution in [-0.4, -0.2) is 54.4 Å². The van der Waals surface area contributed by atoms with Gasteiger partial charge in [-0.3, -0.25) is 19.5 Å². The minimum absolute atomic E-state index is 0.111. The summed E-state index contributed by atoms with van der Waals surface area (Å²) in [6, 6.07) is 4.78. The molecule has 0 saturated heterocycles. The van der Waals surface area contributed by atoms with Crippen molar-refractivity contribution in [2.45, 2.75) is 6.54 Å². The number of nitrogens with zero attached hydrogens (tertiary/aromatic N) is 4. The molecule has 0 radical (unpaired) electrons. The molecule has 12 heteroatoms. The fourth-order valence-electron chi connectivity index (χ4n) is 3.16. The molecule has 1 aliphatic heterocycles. The first-order valence-electron chi connectivity index (χ1n) is 9.54. The van der Waals surface area contributed by atoms with E-state index in [2.05, 4.69) is 20.5 Å². The van der Waals surface area contributed by atoms with Gasteiger partial charge in [0.25, 0.3) is 5.91 Å². The highest BCUT2D eigenvalue weighted by atomic mass is 16.5. The zero-order valence-corrected chi connectivity index (χ0v) is 17.3. The molecule has 4 rings (SSSR count). The average molecular weight is 440 g/mol. The van der Waals surface area contributed by atoms with E-state index >= 15 is 0 Å². The fraction of sp³-hybridized carbons (Fsp3) is 0.250. The maximum Gasteiger partial charge on any atom is 0.326 e. The maximum absolute atomic E-state index is 12.8. The Morgan fingerprint density at radius 3 is 2.75 bits per heavy atom. The highest BCUT2D eigenvalue weighted by Crippen LogP contribution is 2.36. The monoisotopic (exact) mass is 440 g/mol. The van der Waals surface area contributed by atoms with Gasteiger partial charge in [-0.2, -0.15) is 0 Å². The van der Waals surface area contributed by atoms with Gasteiger partial charge >= 0.3 is 17.8 Å². The van der Waals surface area contributed by atoms with E-state index in [9.17, 15) is 9.59 Å². The summed E-state index contributed by atoms with van der Waals surface area (Å²) in [6.07, 6.45) is 2.94. The molecule has 32 heavy (non-hydrogen) atoms. The second kappa shape index (κ2) is 8.89. The molecular formula is C20H20N6O6. The number of nitrogens with one attached hydrogen (secondary N) is 1. The number of benzene rings is 1. The second-order valence-electron chi connectivity index (χ2n) is 6.61. The molecule has 3 heterocycles. The molecule has 1 aliphatic rings. The van der Waals surface area contributed by atoms with E-state index in [1.165, 1.54) is 31.5 Å². The second-order valence-corrected chi connectivity index (χ2v) is 6.61. The van der Waals surface area contributed by atoms with Crippen LogP contribution in [0.1, 0.15) is 26.6 Å². The Kier molecular flexibility index (Phi) is 5.85. The van der Waals surface area contributed by atoms with E-state index in [0.29, 0.717) is 40.6 Å². The molecular weight excluding hydrogens is 420 g/mol. The Hall–Kier alpha value is -4.19. The predicted molar refractivity (Wildman–Crippen MR) is 111 cm³/mol. The number of hydrogen-bond donors (Lipinski definition) is 2. The number of carbonyl (C=O) groups excluding carboxylic acids is 2. The lowest BCUT2D eigenvalue weighted by Crippen LogP contribution is -2.23. The molecule has 3 N–H and O–H groups in total. The predicted octanol–water partition coefficient (Wildman–Crippen LogP) is 1.23. The molecule has 1 aromatic carbocycles. The molecule has 0 saturated carbocycles. The smallest absolute Gasteiger partial charge is 0.326 e. The lowest BCUT2D eigenvalue weighted by molar-refractivity contribution is 0.0971. The van der Waals surface area contributed by atoms with Crippen molar-refractivity contribution in [1.29, 1.82) is 0 Å². The number of carbonyl (C=O) groups is 2. The van der Waals surface area contributed by atoms with Gasteiger partial charge in [0.2, 0.25) is 0 Å². The average Bonchev–Trinajstić information content (AvgIpc) is 3.42. The van der Waals surface area contributed by atoms with Crippen molar-refractivity contribution in [1.82, 2.24) is 15.2 Å². The van der Waals surface area contributed by atoms with Crippen molar-refractivity contribution < 1.29 is 28.2 Å². The van der Waals surface area contributed by atoms with Crippen LogP contribution in [-0.2, 0) is 6.54 Å². The molecule has 166 valence electrons. The van der Waals surface area contributed by atoms with E-state index in [1.807, 2.05) is 0 Å². The maximum atomic E-state index is 12.8. The summed E-state index contributed by atoms with van der Waals surface area (Å²) in [6.45, 7) is 0.759. The first-order valence-corrected chi connectivity index (χ1v) is 9.54. The number of hydrogen-bond acceptors (Lipinski definition) is 10.